The maximum Gasteiger partial charge on any atom is 0.336 e. The highest BCUT2D eigenvalue weighted by molar-refractivity contribution is 6.00. The summed E-state index contributed by atoms with van der Waals surface area (Å²) in [4.78, 5) is 38.5. The molecule has 0 aliphatic carbocycles. The number of hydrogen-bond acceptors (Lipinski definition) is 6. The Bertz CT molecular complexity index is 1330. The fraction of sp³-hybridized carbons (Fsp3) is 0.346. The molecule has 1 N–H and O–H groups in total. The molecule has 34 heavy (non-hydrogen) atoms. The molecule has 8 heteroatoms. The van der Waals surface area contributed by atoms with Gasteiger partial charge in [0.1, 0.15) is 22.7 Å². The van der Waals surface area contributed by atoms with Gasteiger partial charge in [0.25, 0.3) is 5.91 Å². The second-order valence-corrected chi connectivity index (χ2v) is 9.22. The summed E-state index contributed by atoms with van der Waals surface area (Å²) in [6.45, 7) is 4.61. The van der Waals surface area contributed by atoms with E-state index < -0.39 is 5.63 Å². The summed E-state index contributed by atoms with van der Waals surface area (Å²) in [5.41, 5.74) is 1.88. The van der Waals surface area contributed by atoms with Crippen LogP contribution in [0.5, 0.6) is 11.5 Å². The van der Waals surface area contributed by atoms with Gasteiger partial charge < -0.3 is 24.1 Å². The minimum Gasteiger partial charge on any atom is -0.487 e. The van der Waals surface area contributed by atoms with E-state index in [9.17, 15) is 14.4 Å². The number of nitrogens with one attached hydrogen (secondary N) is 1. The van der Waals surface area contributed by atoms with E-state index in [0.29, 0.717) is 47.5 Å². The third kappa shape index (κ3) is 4.23. The first-order valence-electron chi connectivity index (χ1n) is 11.4. The highest BCUT2D eigenvalue weighted by Crippen LogP contribution is 2.44. The van der Waals surface area contributed by atoms with Crippen LogP contribution in [0.2, 0.25) is 0 Å². The molecule has 5 rings (SSSR count). The van der Waals surface area contributed by atoms with Crippen molar-refractivity contribution in [3.8, 4) is 22.6 Å². The number of piperazine rings is 1. The zero-order valence-electron chi connectivity index (χ0n) is 19.2. The molecular formula is C26H26N2O6. The smallest absolute Gasteiger partial charge is 0.336 e. The topological polar surface area (TPSA) is 98.1 Å². The second kappa shape index (κ2) is 8.52. The standard InChI is InChI=1S/C26H26N2O6/c1-26(2)9-8-17-19(34-26)13-20(32-15-22(30)28-11-10-27-21(29)14-28)24-18(12-23(31)33-25(17)24)16-6-4-3-5-7-16/h3-7,12-13H,8-11,14-15H2,1-2H3,(H,27,29). The summed E-state index contributed by atoms with van der Waals surface area (Å²) in [5.74, 6) is 0.490. The van der Waals surface area contributed by atoms with Crippen LogP contribution < -0.4 is 20.4 Å². The number of nitrogens with zero attached hydrogens (tertiary/aromatic N) is 1. The monoisotopic (exact) mass is 462 g/mol. The predicted molar refractivity (Wildman–Crippen MR) is 126 cm³/mol. The van der Waals surface area contributed by atoms with E-state index in [-0.39, 0.29) is 30.6 Å². The molecule has 0 radical (unpaired) electrons. The Morgan fingerprint density at radius 2 is 1.97 bits per heavy atom. The lowest BCUT2D eigenvalue weighted by Crippen LogP contribution is -2.51. The van der Waals surface area contributed by atoms with Crippen LogP contribution in [-0.4, -0.2) is 48.6 Å². The molecule has 3 aromatic rings. The van der Waals surface area contributed by atoms with Gasteiger partial charge >= 0.3 is 5.63 Å². The minimum atomic E-state index is -0.467. The fourth-order valence-corrected chi connectivity index (χ4v) is 4.48. The van der Waals surface area contributed by atoms with E-state index in [1.165, 1.54) is 11.0 Å². The number of fused-ring (bicyclic) bond motifs is 3. The van der Waals surface area contributed by atoms with Gasteiger partial charge in [-0.05, 0) is 32.3 Å². The van der Waals surface area contributed by atoms with E-state index in [4.69, 9.17) is 13.9 Å². The molecule has 0 atom stereocenters. The van der Waals surface area contributed by atoms with E-state index in [1.807, 2.05) is 44.2 Å². The molecule has 2 aliphatic heterocycles. The van der Waals surface area contributed by atoms with Crippen molar-refractivity contribution >= 4 is 22.8 Å². The number of aryl methyl sites for hydroxylation is 1. The van der Waals surface area contributed by atoms with Crippen LogP contribution in [0.4, 0.5) is 0 Å². The number of carbonyl (C=O) groups is 2. The van der Waals surface area contributed by atoms with Gasteiger partial charge in [-0.15, -0.1) is 0 Å². The Labute approximate surface area is 196 Å². The lowest BCUT2D eigenvalue weighted by molar-refractivity contribution is -0.139. The van der Waals surface area contributed by atoms with Crippen molar-refractivity contribution in [2.45, 2.75) is 32.3 Å². The maximum absolute atomic E-state index is 12.8. The van der Waals surface area contributed by atoms with Crippen LogP contribution >= 0.6 is 0 Å². The van der Waals surface area contributed by atoms with Gasteiger partial charge in [0, 0.05) is 36.3 Å². The number of hydrogen-bond donors (Lipinski definition) is 1. The van der Waals surface area contributed by atoms with Gasteiger partial charge in [-0.1, -0.05) is 30.3 Å². The van der Waals surface area contributed by atoms with Gasteiger partial charge in [0.2, 0.25) is 5.91 Å². The molecule has 0 unspecified atom stereocenters. The number of carbonyl (C=O) groups excluding carboxylic acids is 2. The summed E-state index contributed by atoms with van der Waals surface area (Å²) in [7, 11) is 0. The molecule has 8 nitrogen and oxygen atoms in total. The van der Waals surface area contributed by atoms with Crippen LogP contribution in [-0.2, 0) is 16.0 Å². The molecule has 0 spiro atoms. The molecule has 2 amide bonds. The van der Waals surface area contributed by atoms with E-state index in [0.717, 1.165) is 17.5 Å². The number of rotatable bonds is 4. The summed E-state index contributed by atoms with van der Waals surface area (Å²) < 4.78 is 17.9. The first-order chi connectivity index (χ1) is 16.3. The van der Waals surface area contributed by atoms with Crippen molar-refractivity contribution in [2.24, 2.45) is 0 Å². The van der Waals surface area contributed by atoms with Crippen LogP contribution in [0.3, 0.4) is 0 Å². The molecular weight excluding hydrogens is 436 g/mol. The molecule has 0 saturated carbocycles. The molecule has 3 heterocycles. The molecule has 1 saturated heterocycles. The van der Waals surface area contributed by atoms with Crippen molar-refractivity contribution in [1.29, 1.82) is 0 Å². The fourth-order valence-electron chi connectivity index (χ4n) is 4.48. The first-order valence-corrected chi connectivity index (χ1v) is 11.4. The average Bonchev–Trinajstić information content (AvgIpc) is 2.81. The van der Waals surface area contributed by atoms with Gasteiger partial charge in [-0.25, -0.2) is 4.79 Å². The normalized spacial score (nSPS) is 17.0. The lowest BCUT2D eigenvalue weighted by Gasteiger charge is -2.33. The lowest BCUT2D eigenvalue weighted by atomic mass is 9.91. The molecule has 1 aromatic heterocycles. The zero-order valence-corrected chi connectivity index (χ0v) is 19.2. The summed E-state index contributed by atoms with van der Waals surface area (Å²) in [5, 5.41) is 3.33. The zero-order chi connectivity index (χ0) is 23.9. The van der Waals surface area contributed by atoms with Crippen molar-refractivity contribution < 1.29 is 23.5 Å². The Morgan fingerprint density at radius 3 is 2.74 bits per heavy atom. The first kappa shape index (κ1) is 22.0. The van der Waals surface area contributed by atoms with Crippen LogP contribution in [0, 0.1) is 0 Å². The van der Waals surface area contributed by atoms with E-state index >= 15 is 0 Å². The Kier molecular flexibility index (Phi) is 5.51. The minimum absolute atomic E-state index is 0.00850. The van der Waals surface area contributed by atoms with Crippen molar-refractivity contribution in [2.75, 3.05) is 26.2 Å². The van der Waals surface area contributed by atoms with Gasteiger partial charge in [0.15, 0.2) is 6.61 Å². The molecule has 2 aromatic carbocycles. The largest absolute Gasteiger partial charge is 0.487 e. The van der Waals surface area contributed by atoms with Crippen LogP contribution in [0.15, 0.2) is 51.7 Å². The molecule has 176 valence electrons. The Hall–Kier alpha value is -3.81. The maximum atomic E-state index is 12.8. The molecule has 1 fully saturated rings. The number of benzene rings is 2. The van der Waals surface area contributed by atoms with Crippen molar-refractivity contribution in [3.05, 3.63) is 58.4 Å². The van der Waals surface area contributed by atoms with Crippen molar-refractivity contribution in [1.82, 2.24) is 10.2 Å². The van der Waals surface area contributed by atoms with Gasteiger partial charge in [-0.3, -0.25) is 9.59 Å². The third-order valence-electron chi connectivity index (χ3n) is 6.23. The van der Waals surface area contributed by atoms with Gasteiger partial charge in [-0.2, -0.15) is 0 Å². The molecule has 0 bridgehead atoms. The third-order valence-corrected chi connectivity index (χ3v) is 6.23. The highest BCUT2D eigenvalue weighted by atomic mass is 16.5. The quantitative estimate of drug-likeness (QED) is 0.599. The molecule has 2 aliphatic rings. The number of ether oxygens (including phenoxy) is 2. The summed E-state index contributed by atoms with van der Waals surface area (Å²) >= 11 is 0. The Balaban J connectivity index is 1.61. The van der Waals surface area contributed by atoms with Gasteiger partial charge in [0.05, 0.1) is 11.9 Å². The number of amides is 2. The van der Waals surface area contributed by atoms with Crippen LogP contribution in [0.25, 0.3) is 22.1 Å². The summed E-state index contributed by atoms with van der Waals surface area (Å²) in [6.07, 6.45) is 1.45. The SMILES string of the molecule is CC1(C)CCc2c(cc(OCC(=O)N3CCNC(=O)C3)c3c(-c4ccccc4)cc(=O)oc23)O1. The van der Waals surface area contributed by atoms with E-state index in [2.05, 4.69) is 5.32 Å². The average molecular weight is 463 g/mol. The highest BCUT2D eigenvalue weighted by Gasteiger charge is 2.31. The van der Waals surface area contributed by atoms with Crippen molar-refractivity contribution in [3.63, 3.8) is 0 Å². The predicted octanol–water partition coefficient (Wildman–Crippen LogP) is 2.90. The Morgan fingerprint density at radius 1 is 1.18 bits per heavy atom. The van der Waals surface area contributed by atoms with Crippen LogP contribution in [0.1, 0.15) is 25.8 Å². The second-order valence-electron chi connectivity index (χ2n) is 9.22. The van der Waals surface area contributed by atoms with E-state index in [1.54, 1.807) is 6.07 Å². The summed E-state index contributed by atoms with van der Waals surface area (Å²) in [6, 6.07) is 12.7.